The molecule has 1 fully saturated rings. The predicted octanol–water partition coefficient (Wildman–Crippen LogP) is 2.45. The van der Waals surface area contributed by atoms with Gasteiger partial charge in [-0.05, 0) is 45.2 Å². The maximum Gasteiger partial charge on any atom is 0.274 e. The summed E-state index contributed by atoms with van der Waals surface area (Å²) in [5.74, 6) is 0.536. The van der Waals surface area contributed by atoms with Crippen molar-refractivity contribution in [3.8, 4) is 0 Å². The molecule has 0 saturated carbocycles. The molecule has 0 bridgehead atoms. The maximum absolute atomic E-state index is 12.3. The fourth-order valence-electron chi connectivity index (χ4n) is 3.14. The number of likely N-dealkylation sites (N-methyl/N-ethyl adjacent to an activating group) is 1. The zero-order valence-electron chi connectivity index (χ0n) is 16.4. The quantitative estimate of drug-likeness (QED) is 0.845. The van der Waals surface area contributed by atoms with Crippen LogP contribution in [0.5, 0.6) is 0 Å². The molecule has 7 nitrogen and oxygen atoms in total. The Bertz CT molecular complexity index is 734. The molecule has 1 amide bonds. The SMILES string of the molecule is CCN(CC)C(=O)c1cnc(Nc2ccc(N3CCN(C)CC3)cc2)cn1. The average molecular weight is 368 g/mol. The lowest BCUT2D eigenvalue weighted by Gasteiger charge is -2.34. The first-order valence-corrected chi connectivity index (χ1v) is 9.52. The lowest BCUT2D eigenvalue weighted by atomic mass is 10.2. The van der Waals surface area contributed by atoms with Crippen LogP contribution in [0.4, 0.5) is 17.2 Å². The van der Waals surface area contributed by atoms with E-state index in [2.05, 4.69) is 44.3 Å². The minimum Gasteiger partial charge on any atom is -0.369 e. The Balaban J connectivity index is 1.61. The van der Waals surface area contributed by atoms with E-state index in [0.717, 1.165) is 31.9 Å². The molecule has 2 aromatic rings. The van der Waals surface area contributed by atoms with Gasteiger partial charge in [-0.25, -0.2) is 9.97 Å². The van der Waals surface area contributed by atoms with Crippen LogP contribution >= 0.6 is 0 Å². The first-order valence-electron chi connectivity index (χ1n) is 9.52. The van der Waals surface area contributed by atoms with E-state index < -0.39 is 0 Å². The first kappa shape index (κ1) is 19.1. The van der Waals surface area contributed by atoms with Crippen molar-refractivity contribution < 1.29 is 4.79 Å². The standard InChI is InChI=1S/C20H28N6O/c1-4-25(5-2)20(27)18-14-22-19(15-21-18)23-16-6-8-17(9-7-16)26-12-10-24(3)11-13-26/h6-9,14-15H,4-5,10-13H2,1-3H3,(H,22,23). The molecule has 1 aliphatic rings. The maximum atomic E-state index is 12.3. The Hall–Kier alpha value is -2.67. The van der Waals surface area contributed by atoms with Gasteiger partial charge in [0.2, 0.25) is 0 Å². The third kappa shape index (κ3) is 4.74. The molecule has 1 aromatic carbocycles. The van der Waals surface area contributed by atoms with Gasteiger partial charge in [-0.1, -0.05) is 0 Å². The molecule has 0 unspecified atom stereocenters. The molecule has 1 saturated heterocycles. The zero-order valence-corrected chi connectivity index (χ0v) is 16.4. The van der Waals surface area contributed by atoms with Gasteiger partial charge in [-0.2, -0.15) is 0 Å². The highest BCUT2D eigenvalue weighted by Crippen LogP contribution is 2.21. The molecular weight excluding hydrogens is 340 g/mol. The molecule has 3 rings (SSSR count). The van der Waals surface area contributed by atoms with Crippen LogP contribution in [0, 0.1) is 0 Å². The Morgan fingerprint density at radius 2 is 1.70 bits per heavy atom. The van der Waals surface area contributed by atoms with Crippen LogP contribution in [-0.4, -0.2) is 72.0 Å². The van der Waals surface area contributed by atoms with Gasteiger partial charge < -0.3 is 20.0 Å². The summed E-state index contributed by atoms with van der Waals surface area (Å²) < 4.78 is 0. The van der Waals surface area contributed by atoms with Crippen molar-refractivity contribution in [2.45, 2.75) is 13.8 Å². The highest BCUT2D eigenvalue weighted by molar-refractivity contribution is 5.92. The van der Waals surface area contributed by atoms with Crippen LogP contribution < -0.4 is 10.2 Å². The second-order valence-corrected chi connectivity index (χ2v) is 6.73. The predicted molar refractivity (Wildman–Crippen MR) is 109 cm³/mol. The Kier molecular flexibility index (Phi) is 6.24. The molecule has 0 aliphatic carbocycles. The third-order valence-electron chi connectivity index (χ3n) is 4.93. The Labute approximate surface area is 161 Å². The van der Waals surface area contributed by atoms with E-state index in [1.54, 1.807) is 11.1 Å². The number of carbonyl (C=O) groups excluding carboxylic acids is 1. The van der Waals surface area contributed by atoms with Crippen molar-refractivity contribution in [3.05, 3.63) is 42.4 Å². The smallest absolute Gasteiger partial charge is 0.274 e. The topological polar surface area (TPSA) is 64.6 Å². The van der Waals surface area contributed by atoms with Crippen LogP contribution in [0.3, 0.4) is 0 Å². The summed E-state index contributed by atoms with van der Waals surface area (Å²) in [7, 11) is 2.16. The van der Waals surface area contributed by atoms with Crippen LogP contribution in [0.1, 0.15) is 24.3 Å². The van der Waals surface area contributed by atoms with Gasteiger partial charge in [0.05, 0.1) is 12.4 Å². The van der Waals surface area contributed by atoms with Crippen LogP contribution in [0.2, 0.25) is 0 Å². The van der Waals surface area contributed by atoms with Gasteiger partial charge in [0, 0.05) is 50.6 Å². The summed E-state index contributed by atoms with van der Waals surface area (Å²) in [4.78, 5) is 27.3. The number of amides is 1. The molecule has 2 heterocycles. The number of hydrogen-bond donors (Lipinski definition) is 1. The molecule has 1 aliphatic heterocycles. The normalized spacial score (nSPS) is 14.9. The lowest BCUT2D eigenvalue weighted by Crippen LogP contribution is -2.44. The average Bonchev–Trinajstić information content (AvgIpc) is 2.71. The summed E-state index contributed by atoms with van der Waals surface area (Å²) in [6, 6.07) is 8.34. The minimum atomic E-state index is -0.0874. The van der Waals surface area contributed by atoms with Gasteiger partial charge in [0.25, 0.3) is 5.91 Å². The van der Waals surface area contributed by atoms with Crippen molar-refractivity contribution in [2.24, 2.45) is 0 Å². The molecule has 0 spiro atoms. The number of benzene rings is 1. The first-order chi connectivity index (χ1) is 13.1. The van der Waals surface area contributed by atoms with Crippen LogP contribution in [-0.2, 0) is 0 Å². The second kappa shape index (κ2) is 8.81. The monoisotopic (exact) mass is 368 g/mol. The number of nitrogens with zero attached hydrogens (tertiary/aromatic N) is 5. The molecule has 1 N–H and O–H groups in total. The number of anilines is 3. The van der Waals surface area contributed by atoms with E-state index in [9.17, 15) is 4.79 Å². The Morgan fingerprint density at radius 1 is 1.04 bits per heavy atom. The number of rotatable bonds is 6. The molecule has 144 valence electrons. The van der Waals surface area contributed by atoms with Crippen molar-refractivity contribution in [1.29, 1.82) is 0 Å². The second-order valence-electron chi connectivity index (χ2n) is 6.73. The Morgan fingerprint density at radius 3 is 2.26 bits per heavy atom. The molecule has 0 atom stereocenters. The highest BCUT2D eigenvalue weighted by Gasteiger charge is 2.15. The fraction of sp³-hybridized carbons (Fsp3) is 0.450. The summed E-state index contributed by atoms with van der Waals surface area (Å²) in [5.41, 5.74) is 2.56. The molecule has 1 aromatic heterocycles. The van der Waals surface area contributed by atoms with Gasteiger partial charge in [-0.15, -0.1) is 0 Å². The highest BCUT2D eigenvalue weighted by atomic mass is 16.2. The van der Waals surface area contributed by atoms with Crippen LogP contribution in [0.15, 0.2) is 36.7 Å². The molecule has 7 heteroatoms. The third-order valence-corrected chi connectivity index (χ3v) is 4.93. The molecular formula is C20H28N6O. The summed E-state index contributed by atoms with van der Waals surface area (Å²) in [6.07, 6.45) is 3.13. The van der Waals surface area contributed by atoms with Gasteiger partial charge in [0.1, 0.15) is 11.5 Å². The van der Waals surface area contributed by atoms with E-state index in [1.165, 1.54) is 11.9 Å². The number of nitrogens with one attached hydrogen (secondary N) is 1. The fourth-order valence-corrected chi connectivity index (χ4v) is 3.14. The number of piperazine rings is 1. The summed E-state index contributed by atoms with van der Waals surface area (Å²) in [6.45, 7) is 9.52. The van der Waals surface area contributed by atoms with Crippen molar-refractivity contribution in [3.63, 3.8) is 0 Å². The van der Waals surface area contributed by atoms with Gasteiger partial charge >= 0.3 is 0 Å². The minimum absolute atomic E-state index is 0.0874. The summed E-state index contributed by atoms with van der Waals surface area (Å²) >= 11 is 0. The van der Waals surface area contributed by atoms with Crippen molar-refractivity contribution >= 4 is 23.1 Å². The van der Waals surface area contributed by atoms with E-state index in [0.29, 0.717) is 24.6 Å². The van der Waals surface area contributed by atoms with E-state index >= 15 is 0 Å². The van der Waals surface area contributed by atoms with E-state index in [4.69, 9.17) is 0 Å². The van der Waals surface area contributed by atoms with E-state index in [-0.39, 0.29) is 5.91 Å². The largest absolute Gasteiger partial charge is 0.369 e. The number of carbonyl (C=O) groups is 1. The number of aromatic nitrogens is 2. The molecule has 0 radical (unpaired) electrons. The molecule has 27 heavy (non-hydrogen) atoms. The van der Waals surface area contributed by atoms with Gasteiger partial charge in [0.15, 0.2) is 0 Å². The van der Waals surface area contributed by atoms with E-state index in [1.807, 2.05) is 26.0 Å². The lowest BCUT2D eigenvalue weighted by molar-refractivity contribution is 0.0766. The van der Waals surface area contributed by atoms with Gasteiger partial charge in [-0.3, -0.25) is 4.79 Å². The van der Waals surface area contributed by atoms with Crippen molar-refractivity contribution in [1.82, 2.24) is 19.8 Å². The zero-order chi connectivity index (χ0) is 19.2. The number of hydrogen-bond acceptors (Lipinski definition) is 6. The van der Waals surface area contributed by atoms with Crippen LogP contribution in [0.25, 0.3) is 0 Å². The van der Waals surface area contributed by atoms with Crippen molar-refractivity contribution in [2.75, 3.05) is 56.5 Å². The summed E-state index contributed by atoms with van der Waals surface area (Å²) in [5, 5.41) is 3.24.